The van der Waals surface area contributed by atoms with Crippen LogP contribution in [0.25, 0.3) is 11.2 Å². The molecule has 0 atom stereocenters. The zero-order valence-electron chi connectivity index (χ0n) is 17.0. The van der Waals surface area contributed by atoms with Gasteiger partial charge in [-0.15, -0.1) is 0 Å². The van der Waals surface area contributed by atoms with Gasteiger partial charge in [-0.1, -0.05) is 52.4 Å². The van der Waals surface area contributed by atoms with E-state index < -0.39 is 11.2 Å². The molecule has 2 N–H and O–H groups in total. The maximum atomic E-state index is 12.4. The highest BCUT2D eigenvalue weighted by atomic mass is 16.2. The number of nitrogens with zero attached hydrogens (tertiary/aromatic N) is 4. The molecule has 0 aliphatic heterocycles. The Hall–Kier alpha value is -2.38. The van der Waals surface area contributed by atoms with Crippen LogP contribution in [0.5, 0.6) is 0 Å². The summed E-state index contributed by atoms with van der Waals surface area (Å²) in [5.41, 5.74) is 3.82. The fourth-order valence-corrected chi connectivity index (χ4v) is 2.99. The second-order valence-electron chi connectivity index (χ2n) is 7.01. The summed E-state index contributed by atoms with van der Waals surface area (Å²) in [5.74, 6) is 0.496. The largest absolute Gasteiger partial charge is 0.329 e. The number of unbranched alkanes of at least 4 members (excludes halogenated alkanes) is 6. The van der Waals surface area contributed by atoms with Crippen LogP contribution in [0.15, 0.2) is 14.7 Å². The predicted molar refractivity (Wildman–Crippen MR) is 111 cm³/mol. The minimum absolute atomic E-state index is 0.374. The highest BCUT2D eigenvalue weighted by molar-refractivity contribution is 5.82. The smallest absolute Gasteiger partial charge is 0.303 e. The summed E-state index contributed by atoms with van der Waals surface area (Å²) in [6.07, 6.45) is 9.13. The number of fused-ring (bicyclic) bond motifs is 1. The molecule has 2 aromatic heterocycles. The fraction of sp³-hybridized carbons (Fsp3) is 0.684. The Labute approximate surface area is 159 Å². The summed E-state index contributed by atoms with van der Waals surface area (Å²) in [4.78, 5) is 31.1. The molecule has 2 heterocycles. The zero-order valence-corrected chi connectivity index (χ0v) is 17.0. The molecule has 8 nitrogen and oxygen atoms in total. The molecule has 8 heteroatoms. The molecule has 2 aromatic rings. The Morgan fingerprint density at radius 3 is 2.44 bits per heavy atom. The maximum Gasteiger partial charge on any atom is 0.329 e. The van der Waals surface area contributed by atoms with E-state index in [1.54, 1.807) is 7.05 Å². The molecule has 0 radical (unpaired) electrons. The summed E-state index contributed by atoms with van der Waals surface area (Å²) in [6, 6.07) is 0. The molecule has 0 saturated carbocycles. The average Bonchev–Trinajstić information content (AvgIpc) is 3.02. The lowest BCUT2D eigenvalue weighted by molar-refractivity contribution is 0.556. The van der Waals surface area contributed by atoms with Gasteiger partial charge >= 0.3 is 5.69 Å². The van der Waals surface area contributed by atoms with Crippen LogP contribution in [-0.2, 0) is 13.6 Å². The maximum absolute atomic E-state index is 12.4. The number of hydrogen-bond acceptors (Lipinski definition) is 5. The first-order valence-corrected chi connectivity index (χ1v) is 9.98. The van der Waals surface area contributed by atoms with Crippen molar-refractivity contribution < 1.29 is 0 Å². The van der Waals surface area contributed by atoms with Crippen molar-refractivity contribution in [1.29, 1.82) is 0 Å². The number of H-pyrrole nitrogens is 1. The number of hydrazone groups is 1. The van der Waals surface area contributed by atoms with E-state index in [0.29, 0.717) is 23.7 Å². The van der Waals surface area contributed by atoms with Crippen LogP contribution in [0.2, 0.25) is 0 Å². The molecule has 27 heavy (non-hydrogen) atoms. The van der Waals surface area contributed by atoms with Gasteiger partial charge in [0.15, 0.2) is 11.2 Å². The van der Waals surface area contributed by atoms with Crippen LogP contribution >= 0.6 is 0 Å². The van der Waals surface area contributed by atoms with Gasteiger partial charge in [-0.2, -0.15) is 10.1 Å². The van der Waals surface area contributed by atoms with E-state index in [4.69, 9.17) is 0 Å². The van der Waals surface area contributed by atoms with Crippen molar-refractivity contribution >= 4 is 22.8 Å². The minimum Gasteiger partial charge on any atom is -0.303 e. The van der Waals surface area contributed by atoms with Crippen molar-refractivity contribution in [2.24, 2.45) is 12.1 Å². The highest BCUT2D eigenvalue weighted by Gasteiger charge is 2.16. The van der Waals surface area contributed by atoms with E-state index in [2.05, 4.69) is 27.4 Å². The van der Waals surface area contributed by atoms with Crippen LogP contribution in [-0.4, -0.2) is 24.8 Å². The van der Waals surface area contributed by atoms with Gasteiger partial charge in [-0.05, 0) is 19.8 Å². The van der Waals surface area contributed by atoms with Gasteiger partial charge in [0.1, 0.15) is 0 Å². The Morgan fingerprint density at radius 1 is 1.11 bits per heavy atom. The molecule has 0 amide bonds. The zero-order chi connectivity index (χ0) is 19.8. The third-order valence-electron chi connectivity index (χ3n) is 4.85. The van der Waals surface area contributed by atoms with Crippen LogP contribution in [0, 0.1) is 0 Å². The lowest BCUT2D eigenvalue weighted by atomic mass is 10.1. The molecule has 0 saturated heterocycles. The highest BCUT2D eigenvalue weighted by Crippen LogP contribution is 2.17. The standard InChI is InChI=1S/C19H32N6O2/c1-5-7-8-9-10-11-12-13-25-15-16(24(4)19(27)21-17(15)26)20-18(25)23-22-14(3)6-2/h5-13H2,1-4H3,(H,20,23)(H,21,26,27)/b22-14+. The first-order chi connectivity index (χ1) is 13.0. The number of anilines is 1. The van der Waals surface area contributed by atoms with Crippen molar-refractivity contribution in [2.45, 2.75) is 78.7 Å². The van der Waals surface area contributed by atoms with Crippen LogP contribution in [0.4, 0.5) is 5.95 Å². The predicted octanol–water partition coefficient (Wildman–Crippen LogP) is 3.37. The molecule has 0 spiro atoms. The van der Waals surface area contributed by atoms with E-state index in [1.807, 2.05) is 18.4 Å². The third kappa shape index (κ3) is 5.30. The Balaban J connectivity index is 2.24. The summed E-state index contributed by atoms with van der Waals surface area (Å²) >= 11 is 0. The fourth-order valence-electron chi connectivity index (χ4n) is 2.99. The molecule has 0 aliphatic carbocycles. The van der Waals surface area contributed by atoms with Crippen LogP contribution in [0.3, 0.4) is 0 Å². The first kappa shape index (κ1) is 20.9. The van der Waals surface area contributed by atoms with Crippen LogP contribution in [0.1, 0.15) is 72.1 Å². The number of aromatic amines is 1. The topological polar surface area (TPSA) is 97.1 Å². The Morgan fingerprint density at radius 2 is 1.78 bits per heavy atom. The molecular weight excluding hydrogens is 344 g/mol. The summed E-state index contributed by atoms with van der Waals surface area (Å²) in [5, 5.41) is 4.31. The Kier molecular flexibility index (Phi) is 7.82. The van der Waals surface area contributed by atoms with Crippen molar-refractivity contribution in [3.05, 3.63) is 20.8 Å². The normalized spacial score (nSPS) is 12.1. The van der Waals surface area contributed by atoms with E-state index in [1.165, 1.54) is 36.7 Å². The van der Waals surface area contributed by atoms with Crippen molar-refractivity contribution in [3.8, 4) is 0 Å². The van der Waals surface area contributed by atoms with Gasteiger partial charge in [0.25, 0.3) is 5.56 Å². The number of hydrogen-bond donors (Lipinski definition) is 2. The lowest BCUT2D eigenvalue weighted by Crippen LogP contribution is -2.29. The molecule has 2 rings (SSSR count). The minimum atomic E-state index is -0.465. The third-order valence-corrected chi connectivity index (χ3v) is 4.85. The number of nitrogens with one attached hydrogen (secondary N) is 2. The number of aryl methyl sites for hydroxylation is 2. The van der Waals surface area contributed by atoms with Gasteiger partial charge in [0, 0.05) is 19.3 Å². The average molecular weight is 377 g/mol. The first-order valence-electron chi connectivity index (χ1n) is 9.98. The number of rotatable bonds is 11. The van der Waals surface area contributed by atoms with Gasteiger partial charge in [-0.3, -0.25) is 14.3 Å². The Bertz CT molecular complexity index is 890. The molecular formula is C19H32N6O2. The lowest BCUT2D eigenvalue weighted by Gasteiger charge is -2.08. The molecule has 0 aromatic carbocycles. The second-order valence-corrected chi connectivity index (χ2v) is 7.01. The molecule has 0 aliphatic rings. The molecule has 150 valence electrons. The van der Waals surface area contributed by atoms with Gasteiger partial charge in [0.05, 0.1) is 0 Å². The number of aromatic nitrogens is 4. The summed E-state index contributed by atoms with van der Waals surface area (Å²) < 4.78 is 3.20. The van der Waals surface area contributed by atoms with E-state index in [9.17, 15) is 9.59 Å². The van der Waals surface area contributed by atoms with E-state index in [-0.39, 0.29) is 0 Å². The molecule has 0 unspecified atom stereocenters. The van der Waals surface area contributed by atoms with Gasteiger partial charge in [-0.25, -0.2) is 10.2 Å². The molecule has 0 bridgehead atoms. The summed E-state index contributed by atoms with van der Waals surface area (Å²) in [7, 11) is 1.61. The SMILES string of the molecule is CCCCCCCCCn1c(N/N=C(\C)CC)nc2c1c(=O)[nH]c(=O)n2C. The van der Waals surface area contributed by atoms with E-state index in [0.717, 1.165) is 25.0 Å². The van der Waals surface area contributed by atoms with Crippen molar-refractivity contribution in [2.75, 3.05) is 5.43 Å². The monoisotopic (exact) mass is 376 g/mol. The number of imidazole rings is 1. The summed E-state index contributed by atoms with van der Waals surface area (Å²) in [6.45, 7) is 6.83. The quantitative estimate of drug-likeness (QED) is 0.357. The van der Waals surface area contributed by atoms with Crippen LogP contribution < -0.4 is 16.7 Å². The van der Waals surface area contributed by atoms with E-state index >= 15 is 0 Å². The van der Waals surface area contributed by atoms with Crippen molar-refractivity contribution in [3.63, 3.8) is 0 Å². The van der Waals surface area contributed by atoms with Crippen molar-refractivity contribution in [1.82, 2.24) is 19.1 Å². The van der Waals surface area contributed by atoms with Gasteiger partial charge < -0.3 is 4.57 Å². The van der Waals surface area contributed by atoms with Gasteiger partial charge in [0.2, 0.25) is 5.95 Å². The second kappa shape index (κ2) is 10.1. The molecule has 0 fully saturated rings.